The van der Waals surface area contributed by atoms with Crippen LogP contribution in [0.3, 0.4) is 0 Å². The molecule has 140 valence electrons. The Hall–Kier alpha value is -2.22. The Kier molecular flexibility index (Phi) is 7.32. The molecule has 0 aromatic heterocycles. The lowest BCUT2D eigenvalue weighted by Gasteiger charge is -2.11. The van der Waals surface area contributed by atoms with Crippen LogP contribution < -0.4 is 15.4 Å². The molecule has 0 spiro atoms. The zero-order valence-electron chi connectivity index (χ0n) is 15.1. The van der Waals surface area contributed by atoms with E-state index in [2.05, 4.69) is 15.4 Å². The molecule has 0 heterocycles. The van der Waals surface area contributed by atoms with E-state index in [1.807, 2.05) is 37.3 Å². The van der Waals surface area contributed by atoms with Gasteiger partial charge in [-0.05, 0) is 36.7 Å². The molecule has 0 saturated heterocycles. The Labute approximate surface area is 155 Å². The fourth-order valence-electron chi connectivity index (χ4n) is 2.41. The number of carbonyl (C=O) groups excluding carboxylic acids is 1. The van der Waals surface area contributed by atoms with Crippen LogP contribution >= 0.6 is 0 Å². The monoisotopic (exact) mass is 375 g/mol. The predicted molar refractivity (Wildman–Crippen MR) is 103 cm³/mol. The second-order valence-corrected chi connectivity index (χ2v) is 7.66. The van der Waals surface area contributed by atoms with Crippen LogP contribution in [0.15, 0.2) is 53.4 Å². The predicted octanol–water partition coefficient (Wildman–Crippen LogP) is 1.81. The van der Waals surface area contributed by atoms with E-state index in [-0.39, 0.29) is 17.3 Å². The van der Waals surface area contributed by atoms with Gasteiger partial charge in [-0.1, -0.05) is 43.3 Å². The molecule has 0 unspecified atom stereocenters. The molecule has 0 aliphatic heterocycles. The van der Waals surface area contributed by atoms with Gasteiger partial charge in [-0.25, -0.2) is 13.1 Å². The van der Waals surface area contributed by atoms with Gasteiger partial charge in [0, 0.05) is 25.2 Å². The van der Waals surface area contributed by atoms with E-state index in [4.69, 9.17) is 0 Å². The van der Waals surface area contributed by atoms with Crippen LogP contribution in [0.4, 0.5) is 0 Å². The molecular weight excluding hydrogens is 350 g/mol. The molecule has 7 heteroatoms. The summed E-state index contributed by atoms with van der Waals surface area (Å²) < 4.78 is 27.6. The highest BCUT2D eigenvalue weighted by atomic mass is 32.2. The maximum Gasteiger partial charge on any atom is 0.251 e. The van der Waals surface area contributed by atoms with Crippen LogP contribution in [0.25, 0.3) is 0 Å². The van der Waals surface area contributed by atoms with Gasteiger partial charge in [0.2, 0.25) is 10.0 Å². The first-order valence-electron chi connectivity index (χ1n) is 8.57. The van der Waals surface area contributed by atoms with Crippen molar-refractivity contribution < 1.29 is 13.2 Å². The van der Waals surface area contributed by atoms with Gasteiger partial charge in [0.15, 0.2) is 0 Å². The third-order valence-corrected chi connectivity index (χ3v) is 5.31. The standard InChI is InChI=1S/C19H25N3O3S/c1-3-20-11-12-21-19(23)18-13-17(10-9-15(18)2)26(24,25)22-14-16-7-5-4-6-8-16/h4-10,13,20,22H,3,11-12,14H2,1-2H3,(H,21,23). The molecule has 6 nitrogen and oxygen atoms in total. The summed E-state index contributed by atoms with van der Waals surface area (Å²) in [6, 6.07) is 13.9. The third-order valence-electron chi connectivity index (χ3n) is 3.91. The van der Waals surface area contributed by atoms with Crippen LogP contribution in [-0.4, -0.2) is 34.0 Å². The van der Waals surface area contributed by atoms with Crippen molar-refractivity contribution in [3.05, 3.63) is 65.2 Å². The fraction of sp³-hybridized carbons (Fsp3) is 0.316. The Balaban J connectivity index is 2.10. The molecule has 1 amide bonds. The van der Waals surface area contributed by atoms with Gasteiger partial charge in [0.25, 0.3) is 5.91 Å². The minimum Gasteiger partial charge on any atom is -0.351 e. The average molecular weight is 375 g/mol. The summed E-state index contributed by atoms with van der Waals surface area (Å²) in [5.41, 5.74) is 1.96. The second kappa shape index (κ2) is 9.47. The molecule has 0 atom stereocenters. The van der Waals surface area contributed by atoms with Crippen molar-refractivity contribution in [2.24, 2.45) is 0 Å². The van der Waals surface area contributed by atoms with E-state index in [0.717, 1.165) is 17.7 Å². The summed E-state index contributed by atoms with van der Waals surface area (Å²) in [7, 11) is -3.70. The molecule has 2 aromatic carbocycles. The fourth-order valence-corrected chi connectivity index (χ4v) is 3.45. The number of carbonyl (C=O) groups is 1. The van der Waals surface area contributed by atoms with Crippen LogP contribution in [-0.2, 0) is 16.6 Å². The van der Waals surface area contributed by atoms with E-state index in [0.29, 0.717) is 18.7 Å². The van der Waals surface area contributed by atoms with Gasteiger partial charge < -0.3 is 10.6 Å². The number of benzene rings is 2. The summed E-state index contributed by atoms with van der Waals surface area (Å²) in [6.07, 6.45) is 0. The topological polar surface area (TPSA) is 87.3 Å². The molecular formula is C19H25N3O3S. The smallest absolute Gasteiger partial charge is 0.251 e. The van der Waals surface area contributed by atoms with Crippen molar-refractivity contribution in [3.8, 4) is 0 Å². The number of nitrogens with one attached hydrogen (secondary N) is 3. The van der Waals surface area contributed by atoms with E-state index in [9.17, 15) is 13.2 Å². The van der Waals surface area contributed by atoms with Gasteiger partial charge in [-0.3, -0.25) is 4.79 Å². The maximum atomic E-state index is 12.5. The number of hydrogen-bond acceptors (Lipinski definition) is 4. The van der Waals surface area contributed by atoms with E-state index in [1.165, 1.54) is 12.1 Å². The Morgan fingerprint density at radius 3 is 2.46 bits per heavy atom. The van der Waals surface area contributed by atoms with Crippen molar-refractivity contribution in [1.29, 1.82) is 0 Å². The lowest BCUT2D eigenvalue weighted by atomic mass is 10.1. The van der Waals surface area contributed by atoms with Gasteiger partial charge in [0.1, 0.15) is 0 Å². The highest BCUT2D eigenvalue weighted by molar-refractivity contribution is 7.89. The molecule has 26 heavy (non-hydrogen) atoms. The van der Waals surface area contributed by atoms with Crippen molar-refractivity contribution >= 4 is 15.9 Å². The highest BCUT2D eigenvalue weighted by Gasteiger charge is 2.17. The molecule has 0 bridgehead atoms. The first-order chi connectivity index (χ1) is 12.4. The zero-order chi connectivity index (χ0) is 19.0. The second-order valence-electron chi connectivity index (χ2n) is 5.90. The van der Waals surface area contributed by atoms with Crippen molar-refractivity contribution in [2.75, 3.05) is 19.6 Å². The normalized spacial score (nSPS) is 11.3. The number of hydrogen-bond donors (Lipinski definition) is 3. The minimum absolute atomic E-state index is 0.0795. The molecule has 0 saturated carbocycles. The third kappa shape index (κ3) is 5.66. The quantitative estimate of drug-likeness (QED) is 0.584. The van der Waals surface area contributed by atoms with Crippen molar-refractivity contribution in [2.45, 2.75) is 25.3 Å². The van der Waals surface area contributed by atoms with Crippen molar-refractivity contribution in [1.82, 2.24) is 15.4 Å². The number of amides is 1. The van der Waals surface area contributed by atoms with Gasteiger partial charge >= 0.3 is 0 Å². The first-order valence-corrected chi connectivity index (χ1v) is 10.1. The molecule has 0 aliphatic rings. The van der Waals surface area contributed by atoms with Gasteiger partial charge in [-0.15, -0.1) is 0 Å². The molecule has 2 rings (SSSR count). The van der Waals surface area contributed by atoms with E-state index >= 15 is 0 Å². The first kappa shape index (κ1) is 20.1. The molecule has 3 N–H and O–H groups in total. The molecule has 0 aliphatic carbocycles. The number of aryl methyl sites for hydroxylation is 1. The van der Waals surface area contributed by atoms with Crippen LogP contribution in [0, 0.1) is 6.92 Å². The minimum atomic E-state index is -3.70. The average Bonchev–Trinajstić information content (AvgIpc) is 2.64. The highest BCUT2D eigenvalue weighted by Crippen LogP contribution is 2.16. The number of sulfonamides is 1. The Morgan fingerprint density at radius 1 is 1.04 bits per heavy atom. The summed E-state index contributed by atoms with van der Waals surface area (Å²) in [6.45, 7) is 5.94. The zero-order valence-corrected chi connectivity index (χ0v) is 15.9. The SMILES string of the molecule is CCNCCNC(=O)c1cc(S(=O)(=O)NCc2ccccc2)ccc1C. The number of likely N-dealkylation sites (N-methyl/N-ethyl adjacent to an activating group) is 1. The maximum absolute atomic E-state index is 12.5. The summed E-state index contributed by atoms with van der Waals surface area (Å²) in [4.78, 5) is 12.4. The summed E-state index contributed by atoms with van der Waals surface area (Å²) in [5, 5.41) is 5.91. The Bertz CT molecular complexity index is 836. The van der Waals surface area contributed by atoms with Crippen molar-refractivity contribution in [3.63, 3.8) is 0 Å². The van der Waals surface area contributed by atoms with Gasteiger partial charge in [-0.2, -0.15) is 0 Å². The van der Waals surface area contributed by atoms with Gasteiger partial charge in [0.05, 0.1) is 4.90 Å². The summed E-state index contributed by atoms with van der Waals surface area (Å²) >= 11 is 0. The van der Waals surface area contributed by atoms with Crippen LogP contribution in [0.2, 0.25) is 0 Å². The summed E-state index contributed by atoms with van der Waals surface area (Å²) in [5.74, 6) is -0.277. The largest absolute Gasteiger partial charge is 0.351 e. The Morgan fingerprint density at radius 2 is 1.77 bits per heavy atom. The molecule has 0 radical (unpaired) electrons. The molecule has 0 fully saturated rings. The van der Waals surface area contributed by atoms with E-state index in [1.54, 1.807) is 13.0 Å². The van der Waals surface area contributed by atoms with E-state index < -0.39 is 10.0 Å². The number of rotatable bonds is 9. The molecule has 2 aromatic rings. The van der Waals surface area contributed by atoms with Crippen LogP contribution in [0.1, 0.15) is 28.4 Å². The lowest BCUT2D eigenvalue weighted by molar-refractivity contribution is 0.0953. The van der Waals surface area contributed by atoms with Crippen LogP contribution in [0.5, 0.6) is 0 Å². The lowest BCUT2D eigenvalue weighted by Crippen LogP contribution is -2.32.